The average molecular weight is 143 g/mol. The summed E-state index contributed by atoms with van der Waals surface area (Å²) in [5, 5.41) is 8.64. The second-order valence-electron chi connectivity index (χ2n) is 1.44. The normalized spacial score (nSPS) is 18.2. The Morgan fingerprint density at radius 2 is 2.33 bits per heavy atom. The summed E-state index contributed by atoms with van der Waals surface area (Å²) in [6, 6.07) is 0. The summed E-state index contributed by atoms with van der Waals surface area (Å²) in [5.74, 6) is 0.0633. The largest absolute Gasteiger partial charge is 0.506 e. The zero-order chi connectivity index (χ0) is 6.69. The molecule has 0 aliphatic carbocycles. The number of allylic oxidation sites excluding steroid dienone is 1. The number of hydrogen-bond acceptors (Lipinski definition) is 4. The number of aliphatic hydroxyl groups excluding tert-OH is 1. The topological polar surface area (TPSA) is 49.3 Å². The smallest absolute Gasteiger partial charge is 0.232 e. The molecule has 9 heavy (non-hydrogen) atoms. The van der Waals surface area contributed by atoms with Gasteiger partial charge < -0.3 is 9.83 Å². The molecule has 1 aliphatic heterocycles. The van der Waals surface area contributed by atoms with Gasteiger partial charge in [-0.3, -0.25) is 4.79 Å². The maximum Gasteiger partial charge on any atom is 0.232 e. The molecule has 0 aromatic heterocycles. The molecule has 0 aromatic carbocycles. The van der Waals surface area contributed by atoms with E-state index in [9.17, 15) is 4.79 Å². The van der Waals surface area contributed by atoms with Gasteiger partial charge in [-0.15, -0.1) is 0 Å². The van der Waals surface area contributed by atoms with E-state index in [-0.39, 0.29) is 10.9 Å². The third kappa shape index (κ3) is 1.81. The van der Waals surface area contributed by atoms with E-state index in [0.717, 1.165) is 11.9 Å². The van der Waals surface area contributed by atoms with Gasteiger partial charge in [-0.25, -0.2) is 0 Å². The fourth-order valence-corrected chi connectivity index (χ4v) is 0.815. The van der Waals surface area contributed by atoms with Gasteiger partial charge in [-0.1, -0.05) is 0 Å². The quantitative estimate of drug-likeness (QED) is 0.490. The van der Waals surface area contributed by atoms with Gasteiger partial charge in [0.15, 0.2) is 0 Å². The molecule has 0 aromatic rings. The van der Waals surface area contributed by atoms with E-state index in [2.05, 4.69) is 4.72 Å². The van der Waals surface area contributed by atoms with E-state index >= 15 is 0 Å². The summed E-state index contributed by atoms with van der Waals surface area (Å²) in [5.41, 5.74) is 0. The van der Waals surface area contributed by atoms with Crippen molar-refractivity contribution in [2.24, 2.45) is 0 Å². The van der Waals surface area contributed by atoms with E-state index in [1.165, 1.54) is 18.4 Å². The van der Waals surface area contributed by atoms with Crippen molar-refractivity contribution in [2.75, 3.05) is 0 Å². The maximum absolute atomic E-state index is 10.5. The SMILES string of the molecule is O=C1C=CC(O)=CNS1. The van der Waals surface area contributed by atoms with Gasteiger partial charge in [-0.2, -0.15) is 0 Å². The Kier molecular flexibility index (Phi) is 1.79. The molecular formula is C5H5NO2S. The van der Waals surface area contributed by atoms with E-state index in [0.29, 0.717) is 0 Å². The predicted octanol–water partition coefficient (Wildman–Crippen LogP) is 0.720. The van der Waals surface area contributed by atoms with Crippen molar-refractivity contribution in [2.45, 2.75) is 0 Å². The zero-order valence-corrected chi connectivity index (χ0v) is 5.31. The third-order valence-corrected chi connectivity index (χ3v) is 1.33. The highest BCUT2D eigenvalue weighted by Gasteiger charge is 1.99. The molecule has 1 rings (SSSR count). The molecule has 2 N–H and O–H groups in total. The van der Waals surface area contributed by atoms with Crippen LogP contribution in [0.25, 0.3) is 0 Å². The van der Waals surface area contributed by atoms with E-state index < -0.39 is 0 Å². The lowest BCUT2D eigenvalue weighted by Gasteiger charge is -1.88. The number of aliphatic hydroxyl groups is 1. The first-order valence-corrected chi connectivity index (χ1v) is 3.14. The van der Waals surface area contributed by atoms with Gasteiger partial charge in [0, 0.05) is 18.1 Å². The van der Waals surface area contributed by atoms with Crippen LogP contribution in [0.5, 0.6) is 0 Å². The van der Waals surface area contributed by atoms with Gasteiger partial charge in [-0.05, 0) is 12.2 Å². The Balaban J connectivity index is 2.69. The number of carbonyl (C=O) groups is 1. The highest BCUT2D eigenvalue weighted by atomic mass is 32.2. The molecule has 0 spiro atoms. The van der Waals surface area contributed by atoms with Crippen LogP contribution in [0, 0.1) is 0 Å². The van der Waals surface area contributed by atoms with Crippen molar-refractivity contribution in [3.63, 3.8) is 0 Å². The van der Waals surface area contributed by atoms with Gasteiger partial charge in [0.2, 0.25) is 5.12 Å². The van der Waals surface area contributed by atoms with Crippen LogP contribution in [0.1, 0.15) is 0 Å². The first-order valence-electron chi connectivity index (χ1n) is 2.32. The molecule has 4 heteroatoms. The monoisotopic (exact) mass is 143 g/mol. The van der Waals surface area contributed by atoms with E-state index in [1.54, 1.807) is 0 Å². The minimum Gasteiger partial charge on any atom is -0.506 e. The first-order chi connectivity index (χ1) is 4.29. The molecule has 48 valence electrons. The van der Waals surface area contributed by atoms with Crippen LogP contribution in [0.2, 0.25) is 0 Å². The first kappa shape index (κ1) is 6.22. The fraction of sp³-hybridized carbons (Fsp3) is 0. The molecule has 1 aliphatic rings. The molecule has 0 fully saturated rings. The van der Waals surface area contributed by atoms with Gasteiger partial charge >= 0.3 is 0 Å². The van der Waals surface area contributed by atoms with E-state index in [4.69, 9.17) is 5.11 Å². The Morgan fingerprint density at radius 1 is 1.56 bits per heavy atom. The second-order valence-corrected chi connectivity index (χ2v) is 2.28. The highest BCUT2D eigenvalue weighted by molar-refractivity contribution is 8.12. The Labute approximate surface area is 56.6 Å². The average Bonchev–Trinajstić information content (AvgIpc) is 1.97. The number of carbonyl (C=O) groups excluding carboxylic acids is 1. The summed E-state index contributed by atoms with van der Waals surface area (Å²) >= 11 is 0.931. The van der Waals surface area contributed by atoms with Crippen LogP contribution in [0.15, 0.2) is 24.1 Å². The molecule has 0 saturated heterocycles. The molecule has 0 bridgehead atoms. The van der Waals surface area contributed by atoms with Crippen molar-refractivity contribution in [3.8, 4) is 0 Å². The minimum atomic E-state index is -0.115. The van der Waals surface area contributed by atoms with Gasteiger partial charge in [0.25, 0.3) is 0 Å². The van der Waals surface area contributed by atoms with Gasteiger partial charge in [0.05, 0.1) is 0 Å². The van der Waals surface area contributed by atoms with Crippen molar-refractivity contribution in [1.82, 2.24) is 4.72 Å². The van der Waals surface area contributed by atoms with Crippen LogP contribution in [-0.4, -0.2) is 10.2 Å². The minimum absolute atomic E-state index is 0.0633. The second kappa shape index (κ2) is 2.59. The van der Waals surface area contributed by atoms with E-state index in [1.807, 2.05) is 0 Å². The van der Waals surface area contributed by atoms with Crippen molar-refractivity contribution < 1.29 is 9.90 Å². The standard InChI is InChI=1S/C5H5NO2S/c7-4-1-2-5(8)9-6-3-4/h1-3,6-7H. The molecule has 0 atom stereocenters. The lowest BCUT2D eigenvalue weighted by molar-refractivity contribution is -0.107. The molecule has 0 radical (unpaired) electrons. The summed E-state index contributed by atoms with van der Waals surface area (Å²) in [6.07, 6.45) is 4.00. The Morgan fingerprint density at radius 3 is 3.11 bits per heavy atom. The lowest BCUT2D eigenvalue weighted by Crippen LogP contribution is -1.94. The summed E-state index contributed by atoms with van der Waals surface area (Å²) < 4.78 is 2.54. The van der Waals surface area contributed by atoms with Crippen molar-refractivity contribution in [1.29, 1.82) is 0 Å². The van der Waals surface area contributed by atoms with Crippen LogP contribution in [-0.2, 0) is 4.79 Å². The number of nitrogens with one attached hydrogen (secondary N) is 1. The molecule has 0 amide bonds. The van der Waals surface area contributed by atoms with Crippen molar-refractivity contribution >= 4 is 17.1 Å². The summed E-state index contributed by atoms with van der Waals surface area (Å²) in [6.45, 7) is 0. The molecule has 0 unspecified atom stereocenters. The number of rotatable bonds is 0. The maximum atomic E-state index is 10.5. The predicted molar refractivity (Wildman–Crippen MR) is 35.6 cm³/mol. The Bertz CT molecular complexity index is 185. The molecule has 3 nitrogen and oxygen atoms in total. The van der Waals surface area contributed by atoms with Crippen molar-refractivity contribution in [3.05, 3.63) is 24.1 Å². The third-order valence-electron chi connectivity index (χ3n) is 0.757. The lowest BCUT2D eigenvalue weighted by atomic mass is 10.4. The molecular weight excluding hydrogens is 138 g/mol. The fourth-order valence-electron chi connectivity index (χ4n) is 0.383. The molecule has 1 heterocycles. The van der Waals surface area contributed by atoms with Crippen LogP contribution in [0.4, 0.5) is 0 Å². The summed E-state index contributed by atoms with van der Waals surface area (Å²) in [4.78, 5) is 10.5. The number of hydrogen-bond donors (Lipinski definition) is 2. The Hall–Kier alpha value is -0.900. The highest BCUT2D eigenvalue weighted by Crippen LogP contribution is 2.04. The van der Waals surface area contributed by atoms with Crippen LogP contribution in [0.3, 0.4) is 0 Å². The van der Waals surface area contributed by atoms with Crippen LogP contribution >= 0.6 is 11.9 Å². The zero-order valence-electron chi connectivity index (χ0n) is 4.50. The van der Waals surface area contributed by atoms with Gasteiger partial charge in [0.1, 0.15) is 5.76 Å². The molecule has 0 saturated carbocycles. The van der Waals surface area contributed by atoms with Crippen LogP contribution < -0.4 is 4.72 Å². The summed E-state index contributed by atoms with van der Waals surface area (Å²) in [7, 11) is 0.